The molecular formula is C9H10BrNO2. The summed E-state index contributed by atoms with van der Waals surface area (Å²) in [5, 5.41) is 11.9. The molecule has 0 aliphatic carbocycles. The van der Waals surface area contributed by atoms with Crippen molar-refractivity contribution in [1.82, 2.24) is 5.32 Å². The normalized spacial score (nSPS) is 12.2. The van der Waals surface area contributed by atoms with Gasteiger partial charge in [0.05, 0.1) is 0 Å². The lowest BCUT2D eigenvalue weighted by molar-refractivity contribution is -0.129. The molecule has 2 N–H and O–H groups in total. The molecule has 13 heavy (non-hydrogen) atoms. The van der Waals surface area contributed by atoms with Gasteiger partial charge in [-0.1, -0.05) is 28.1 Å². The zero-order chi connectivity index (χ0) is 9.84. The zero-order valence-electron chi connectivity index (χ0n) is 7.12. The Morgan fingerprint density at radius 3 is 2.85 bits per heavy atom. The van der Waals surface area contributed by atoms with Crippen molar-refractivity contribution in [2.24, 2.45) is 0 Å². The van der Waals surface area contributed by atoms with E-state index in [0.717, 1.165) is 4.47 Å². The van der Waals surface area contributed by atoms with E-state index in [1.165, 1.54) is 7.05 Å². The molecule has 1 amide bonds. The Hall–Kier alpha value is -0.870. The highest BCUT2D eigenvalue weighted by Gasteiger charge is 2.15. The van der Waals surface area contributed by atoms with Gasteiger partial charge in [0.25, 0.3) is 5.91 Å². The summed E-state index contributed by atoms with van der Waals surface area (Å²) in [4.78, 5) is 11.0. The van der Waals surface area contributed by atoms with Gasteiger partial charge >= 0.3 is 0 Å². The predicted octanol–water partition coefficient (Wildman–Crippen LogP) is 1.23. The molecule has 70 valence electrons. The smallest absolute Gasteiger partial charge is 0.253 e. The fourth-order valence-electron chi connectivity index (χ4n) is 0.965. The van der Waals surface area contributed by atoms with E-state index in [0.29, 0.717) is 5.56 Å². The summed E-state index contributed by atoms with van der Waals surface area (Å²) >= 11 is 3.26. The largest absolute Gasteiger partial charge is 0.378 e. The van der Waals surface area contributed by atoms with Gasteiger partial charge in [0, 0.05) is 11.5 Å². The molecule has 1 aromatic carbocycles. The number of halogens is 1. The van der Waals surface area contributed by atoms with Gasteiger partial charge in [-0.05, 0) is 17.7 Å². The minimum Gasteiger partial charge on any atom is -0.378 e. The Morgan fingerprint density at radius 1 is 1.62 bits per heavy atom. The average molecular weight is 244 g/mol. The second-order valence-electron chi connectivity index (χ2n) is 2.57. The van der Waals surface area contributed by atoms with Gasteiger partial charge < -0.3 is 10.4 Å². The van der Waals surface area contributed by atoms with Crippen LogP contribution < -0.4 is 5.32 Å². The molecule has 0 aliphatic heterocycles. The number of likely N-dealkylation sites (N-methyl/N-ethyl adjacent to an activating group) is 1. The molecule has 1 atom stereocenters. The van der Waals surface area contributed by atoms with Crippen LogP contribution in [0, 0.1) is 0 Å². The molecule has 0 radical (unpaired) electrons. The van der Waals surface area contributed by atoms with Crippen molar-refractivity contribution in [2.45, 2.75) is 6.10 Å². The number of benzene rings is 1. The molecule has 1 rings (SSSR count). The van der Waals surface area contributed by atoms with Crippen LogP contribution in [0.3, 0.4) is 0 Å². The van der Waals surface area contributed by atoms with Crippen molar-refractivity contribution >= 4 is 21.8 Å². The summed E-state index contributed by atoms with van der Waals surface area (Å²) in [6.45, 7) is 0. The van der Waals surface area contributed by atoms with E-state index in [1.54, 1.807) is 18.2 Å². The topological polar surface area (TPSA) is 49.3 Å². The highest BCUT2D eigenvalue weighted by Crippen LogP contribution is 2.17. The molecular weight excluding hydrogens is 234 g/mol. The van der Waals surface area contributed by atoms with Crippen LogP contribution in [0.4, 0.5) is 0 Å². The predicted molar refractivity (Wildman–Crippen MR) is 53.2 cm³/mol. The summed E-state index contributed by atoms with van der Waals surface area (Å²) in [6.07, 6.45) is -1.09. The van der Waals surface area contributed by atoms with Gasteiger partial charge in [0.2, 0.25) is 0 Å². The maximum Gasteiger partial charge on any atom is 0.253 e. The lowest BCUT2D eigenvalue weighted by atomic mass is 10.1. The van der Waals surface area contributed by atoms with E-state index < -0.39 is 12.0 Å². The summed E-state index contributed by atoms with van der Waals surface area (Å²) < 4.78 is 0.841. The molecule has 0 aromatic heterocycles. The highest BCUT2D eigenvalue weighted by molar-refractivity contribution is 9.10. The van der Waals surface area contributed by atoms with Crippen molar-refractivity contribution in [1.29, 1.82) is 0 Å². The van der Waals surface area contributed by atoms with Crippen LogP contribution >= 0.6 is 15.9 Å². The highest BCUT2D eigenvalue weighted by atomic mass is 79.9. The first-order valence-corrected chi connectivity index (χ1v) is 4.59. The Kier molecular flexibility index (Phi) is 3.45. The maximum absolute atomic E-state index is 11.0. The number of aliphatic hydroxyl groups excluding tert-OH is 1. The third-order valence-electron chi connectivity index (χ3n) is 1.66. The first-order chi connectivity index (χ1) is 6.15. The van der Waals surface area contributed by atoms with Gasteiger partial charge in [-0.25, -0.2) is 0 Å². The molecule has 0 aliphatic rings. The lowest BCUT2D eigenvalue weighted by Gasteiger charge is -2.08. The van der Waals surface area contributed by atoms with Crippen molar-refractivity contribution in [3.8, 4) is 0 Å². The number of rotatable bonds is 2. The first-order valence-electron chi connectivity index (χ1n) is 3.80. The molecule has 0 spiro atoms. The van der Waals surface area contributed by atoms with Crippen molar-refractivity contribution in [3.63, 3.8) is 0 Å². The van der Waals surface area contributed by atoms with Crippen LogP contribution in [-0.2, 0) is 4.79 Å². The van der Waals surface area contributed by atoms with E-state index in [-0.39, 0.29) is 0 Å². The number of aliphatic hydroxyl groups is 1. The fraction of sp³-hybridized carbons (Fsp3) is 0.222. The second kappa shape index (κ2) is 4.39. The Morgan fingerprint density at radius 2 is 2.31 bits per heavy atom. The molecule has 1 aromatic rings. The Bertz CT molecular complexity index is 314. The number of nitrogens with one attached hydrogen (secondary N) is 1. The minimum absolute atomic E-state index is 0.405. The summed E-state index contributed by atoms with van der Waals surface area (Å²) in [5.74, 6) is -0.405. The van der Waals surface area contributed by atoms with Crippen LogP contribution in [-0.4, -0.2) is 18.1 Å². The third kappa shape index (κ3) is 2.54. The van der Waals surface area contributed by atoms with Crippen LogP contribution in [0.25, 0.3) is 0 Å². The number of carbonyl (C=O) groups is 1. The lowest BCUT2D eigenvalue weighted by Crippen LogP contribution is -2.25. The van der Waals surface area contributed by atoms with Crippen LogP contribution in [0.2, 0.25) is 0 Å². The van der Waals surface area contributed by atoms with E-state index in [4.69, 9.17) is 0 Å². The molecule has 0 heterocycles. The minimum atomic E-state index is -1.09. The van der Waals surface area contributed by atoms with Crippen LogP contribution in [0.1, 0.15) is 11.7 Å². The molecule has 0 bridgehead atoms. The quantitative estimate of drug-likeness (QED) is 0.821. The van der Waals surface area contributed by atoms with Crippen molar-refractivity contribution in [2.75, 3.05) is 7.05 Å². The monoisotopic (exact) mass is 243 g/mol. The van der Waals surface area contributed by atoms with Gasteiger partial charge in [-0.2, -0.15) is 0 Å². The van der Waals surface area contributed by atoms with E-state index in [1.807, 2.05) is 6.07 Å². The first kappa shape index (κ1) is 10.2. The Labute approximate surface area is 84.9 Å². The summed E-state index contributed by atoms with van der Waals surface area (Å²) in [6, 6.07) is 7.01. The molecule has 4 heteroatoms. The standard InChI is InChI=1S/C9H10BrNO2/c1-11-9(13)8(12)6-3-2-4-7(10)5-6/h2-5,8,12H,1H3,(H,11,13). The number of carbonyl (C=O) groups excluding carboxylic acids is 1. The van der Waals surface area contributed by atoms with Gasteiger partial charge in [0.15, 0.2) is 6.10 Å². The molecule has 0 fully saturated rings. The second-order valence-corrected chi connectivity index (χ2v) is 3.49. The van der Waals surface area contributed by atoms with Crippen molar-refractivity contribution in [3.05, 3.63) is 34.3 Å². The van der Waals surface area contributed by atoms with E-state index in [9.17, 15) is 9.90 Å². The summed E-state index contributed by atoms with van der Waals surface area (Å²) in [5.41, 5.74) is 0.578. The fourth-order valence-corrected chi connectivity index (χ4v) is 1.38. The van der Waals surface area contributed by atoms with Crippen LogP contribution in [0.5, 0.6) is 0 Å². The Balaban J connectivity index is 2.88. The number of hydrogen-bond acceptors (Lipinski definition) is 2. The van der Waals surface area contributed by atoms with E-state index >= 15 is 0 Å². The van der Waals surface area contributed by atoms with E-state index in [2.05, 4.69) is 21.2 Å². The van der Waals surface area contributed by atoms with Gasteiger partial charge in [-0.3, -0.25) is 4.79 Å². The summed E-state index contributed by atoms with van der Waals surface area (Å²) in [7, 11) is 1.49. The molecule has 0 saturated carbocycles. The van der Waals surface area contributed by atoms with Gasteiger partial charge in [-0.15, -0.1) is 0 Å². The number of hydrogen-bond donors (Lipinski definition) is 2. The zero-order valence-corrected chi connectivity index (χ0v) is 8.71. The molecule has 0 saturated heterocycles. The maximum atomic E-state index is 11.0. The average Bonchev–Trinajstić information content (AvgIpc) is 2.15. The SMILES string of the molecule is CNC(=O)C(O)c1cccc(Br)c1. The van der Waals surface area contributed by atoms with Crippen molar-refractivity contribution < 1.29 is 9.90 Å². The number of amides is 1. The van der Waals surface area contributed by atoms with Crippen LogP contribution in [0.15, 0.2) is 28.7 Å². The third-order valence-corrected chi connectivity index (χ3v) is 2.15. The van der Waals surface area contributed by atoms with Gasteiger partial charge in [0.1, 0.15) is 0 Å². The molecule has 3 nitrogen and oxygen atoms in total. The molecule has 1 unspecified atom stereocenters.